The molecule has 1 aliphatic heterocycles. The van der Waals surface area contributed by atoms with Gasteiger partial charge in [0, 0.05) is 18.7 Å². The zero-order valence-electron chi connectivity index (χ0n) is 8.61. The average molecular weight is 204 g/mol. The van der Waals surface area contributed by atoms with Crippen molar-refractivity contribution >= 4 is 5.91 Å². The molecule has 1 heterocycles. The van der Waals surface area contributed by atoms with E-state index in [0.717, 1.165) is 25.9 Å². The molecule has 1 fully saturated rings. The largest absolute Gasteiger partial charge is 0.872 e. The third-order valence-corrected chi connectivity index (χ3v) is 2.76. The Morgan fingerprint density at radius 3 is 2.47 bits per heavy atom. The Morgan fingerprint density at radius 2 is 1.80 bits per heavy atom. The van der Waals surface area contributed by atoms with Crippen molar-refractivity contribution in [3.63, 3.8) is 0 Å². The van der Waals surface area contributed by atoms with Gasteiger partial charge < -0.3 is 10.0 Å². The van der Waals surface area contributed by atoms with Gasteiger partial charge in [0.15, 0.2) is 0 Å². The molecule has 80 valence electrons. The zero-order valence-corrected chi connectivity index (χ0v) is 8.61. The lowest BCUT2D eigenvalue weighted by atomic mass is 10.1. The number of hydrogen-bond acceptors (Lipinski definition) is 2. The maximum Gasteiger partial charge on any atom is 0.253 e. The van der Waals surface area contributed by atoms with Crippen LogP contribution in [-0.2, 0) is 0 Å². The van der Waals surface area contributed by atoms with E-state index >= 15 is 0 Å². The lowest BCUT2D eigenvalue weighted by Crippen LogP contribution is -2.35. The molecule has 0 aliphatic carbocycles. The second-order valence-electron chi connectivity index (χ2n) is 3.85. The van der Waals surface area contributed by atoms with E-state index in [-0.39, 0.29) is 11.7 Å². The van der Waals surface area contributed by atoms with Crippen LogP contribution in [0.5, 0.6) is 5.75 Å². The summed E-state index contributed by atoms with van der Waals surface area (Å²) in [5.41, 5.74) is 0.305. The van der Waals surface area contributed by atoms with E-state index in [0.29, 0.717) is 5.56 Å². The molecule has 0 saturated carbocycles. The van der Waals surface area contributed by atoms with Crippen molar-refractivity contribution in [3.8, 4) is 5.75 Å². The molecule has 0 bridgehead atoms. The third kappa shape index (κ3) is 2.12. The van der Waals surface area contributed by atoms with Gasteiger partial charge in [-0.15, -0.1) is 0 Å². The summed E-state index contributed by atoms with van der Waals surface area (Å²) in [5.74, 6) is -0.284. The highest BCUT2D eigenvalue weighted by atomic mass is 16.3. The summed E-state index contributed by atoms with van der Waals surface area (Å²) in [6.07, 6.45) is 3.28. The minimum absolute atomic E-state index is 0.111. The maximum absolute atomic E-state index is 11.9. The molecule has 0 spiro atoms. The average Bonchev–Trinajstić information content (AvgIpc) is 2.30. The Hall–Kier alpha value is -1.51. The van der Waals surface area contributed by atoms with Gasteiger partial charge in [-0.1, -0.05) is 30.0 Å². The molecule has 15 heavy (non-hydrogen) atoms. The number of benzene rings is 1. The molecule has 0 unspecified atom stereocenters. The van der Waals surface area contributed by atoms with Crippen LogP contribution in [0.15, 0.2) is 24.3 Å². The Balaban J connectivity index is 2.16. The first-order valence-corrected chi connectivity index (χ1v) is 5.34. The van der Waals surface area contributed by atoms with Gasteiger partial charge in [0.2, 0.25) is 0 Å². The van der Waals surface area contributed by atoms with Crippen molar-refractivity contribution < 1.29 is 9.90 Å². The van der Waals surface area contributed by atoms with Gasteiger partial charge >= 0.3 is 0 Å². The second-order valence-corrected chi connectivity index (χ2v) is 3.85. The summed E-state index contributed by atoms with van der Waals surface area (Å²) in [7, 11) is 0. The van der Waals surface area contributed by atoms with Crippen LogP contribution in [0.25, 0.3) is 0 Å². The van der Waals surface area contributed by atoms with Gasteiger partial charge in [-0.2, -0.15) is 0 Å². The van der Waals surface area contributed by atoms with Gasteiger partial charge in [-0.3, -0.25) is 4.79 Å². The lowest BCUT2D eigenvalue weighted by molar-refractivity contribution is -0.268. The van der Waals surface area contributed by atoms with Gasteiger partial charge in [-0.25, -0.2) is 0 Å². The standard InChI is InChI=1S/C12H15NO2/c14-11-7-3-2-6-10(11)12(15)13-8-4-1-5-9-13/h2-3,6-7,14H,1,4-5,8-9H2/p-1. The van der Waals surface area contributed by atoms with Crippen LogP contribution < -0.4 is 5.11 Å². The molecule has 3 heteroatoms. The van der Waals surface area contributed by atoms with Gasteiger partial charge in [0.1, 0.15) is 0 Å². The van der Waals surface area contributed by atoms with Crippen molar-refractivity contribution in [2.24, 2.45) is 0 Å². The van der Waals surface area contributed by atoms with Crippen molar-refractivity contribution in [1.29, 1.82) is 0 Å². The molecule has 1 aromatic rings. The Labute approximate surface area is 89.3 Å². The number of rotatable bonds is 1. The first-order chi connectivity index (χ1) is 7.29. The molecule has 1 saturated heterocycles. The van der Waals surface area contributed by atoms with E-state index in [4.69, 9.17) is 0 Å². The van der Waals surface area contributed by atoms with E-state index in [9.17, 15) is 9.90 Å². The van der Waals surface area contributed by atoms with Crippen LogP contribution in [0.1, 0.15) is 29.6 Å². The fourth-order valence-corrected chi connectivity index (χ4v) is 1.91. The number of nitrogens with zero attached hydrogens (tertiary/aromatic N) is 1. The monoisotopic (exact) mass is 204 g/mol. The molecule has 0 aromatic heterocycles. The van der Waals surface area contributed by atoms with Crippen LogP contribution in [0.2, 0.25) is 0 Å². The molecule has 0 atom stereocenters. The van der Waals surface area contributed by atoms with Crippen molar-refractivity contribution in [2.45, 2.75) is 19.3 Å². The van der Waals surface area contributed by atoms with E-state index in [1.165, 1.54) is 12.5 Å². The van der Waals surface area contributed by atoms with Gasteiger partial charge in [-0.05, 0) is 19.3 Å². The first-order valence-electron chi connectivity index (χ1n) is 5.34. The molecular weight excluding hydrogens is 190 g/mol. The van der Waals surface area contributed by atoms with Crippen LogP contribution >= 0.6 is 0 Å². The van der Waals surface area contributed by atoms with Gasteiger partial charge in [0.05, 0.1) is 0 Å². The van der Waals surface area contributed by atoms with E-state index in [1.54, 1.807) is 23.1 Å². The highest BCUT2D eigenvalue weighted by Crippen LogP contribution is 2.18. The SMILES string of the molecule is O=C(c1ccccc1[O-])N1CCCCC1. The number of hydrogen-bond donors (Lipinski definition) is 0. The topological polar surface area (TPSA) is 43.4 Å². The normalized spacial score (nSPS) is 16.4. The molecule has 0 radical (unpaired) electrons. The summed E-state index contributed by atoms with van der Waals surface area (Å²) in [6.45, 7) is 1.57. The minimum atomic E-state index is -0.173. The predicted molar refractivity (Wildman–Crippen MR) is 55.6 cm³/mol. The zero-order chi connectivity index (χ0) is 10.7. The maximum atomic E-state index is 11.9. The lowest BCUT2D eigenvalue weighted by Gasteiger charge is -2.28. The molecule has 1 aliphatic rings. The van der Waals surface area contributed by atoms with Crippen molar-refractivity contribution in [2.75, 3.05) is 13.1 Å². The summed E-state index contributed by atoms with van der Waals surface area (Å²) >= 11 is 0. The summed E-state index contributed by atoms with van der Waals surface area (Å²) in [6, 6.07) is 6.45. The molecule has 0 N–H and O–H groups in total. The highest BCUT2D eigenvalue weighted by molar-refractivity contribution is 5.96. The molecule has 1 aromatic carbocycles. The fraction of sp³-hybridized carbons (Fsp3) is 0.417. The Bertz CT molecular complexity index is 356. The summed E-state index contributed by atoms with van der Waals surface area (Å²) < 4.78 is 0. The van der Waals surface area contributed by atoms with Crippen LogP contribution in [-0.4, -0.2) is 23.9 Å². The Kier molecular flexibility index (Phi) is 2.90. The number of amides is 1. The smallest absolute Gasteiger partial charge is 0.253 e. The van der Waals surface area contributed by atoms with Gasteiger partial charge in [0.25, 0.3) is 5.91 Å². The highest BCUT2D eigenvalue weighted by Gasteiger charge is 2.17. The summed E-state index contributed by atoms with van der Waals surface area (Å²) in [4.78, 5) is 13.7. The number of para-hydroxylation sites is 1. The van der Waals surface area contributed by atoms with Crippen molar-refractivity contribution in [1.82, 2.24) is 4.90 Å². The Morgan fingerprint density at radius 1 is 1.13 bits per heavy atom. The molecule has 3 nitrogen and oxygen atoms in total. The first kappa shape index (κ1) is 10.0. The number of carbonyl (C=O) groups is 1. The van der Waals surface area contributed by atoms with Crippen LogP contribution in [0, 0.1) is 0 Å². The third-order valence-electron chi connectivity index (χ3n) is 2.76. The van der Waals surface area contributed by atoms with E-state index in [2.05, 4.69) is 0 Å². The number of carbonyl (C=O) groups excluding carboxylic acids is 1. The molecule has 2 rings (SSSR count). The fourth-order valence-electron chi connectivity index (χ4n) is 1.91. The molecular formula is C12H14NO2-. The van der Waals surface area contributed by atoms with E-state index < -0.39 is 0 Å². The molecule has 1 amide bonds. The van der Waals surface area contributed by atoms with Crippen LogP contribution in [0.4, 0.5) is 0 Å². The van der Waals surface area contributed by atoms with E-state index in [1.807, 2.05) is 0 Å². The number of piperidine rings is 1. The van der Waals surface area contributed by atoms with Crippen molar-refractivity contribution in [3.05, 3.63) is 29.8 Å². The van der Waals surface area contributed by atoms with Crippen LogP contribution in [0.3, 0.4) is 0 Å². The quantitative estimate of drug-likeness (QED) is 0.693. The predicted octanol–water partition coefficient (Wildman–Crippen LogP) is 1.39. The summed E-state index contributed by atoms with van der Waals surface area (Å²) in [5, 5.41) is 11.5. The second kappa shape index (κ2) is 4.34. The minimum Gasteiger partial charge on any atom is -0.872 e. The number of likely N-dealkylation sites (tertiary alicyclic amines) is 1.